The van der Waals surface area contributed by atoms with E-state index in [9.17, 15) is 4.79 Å². The van der Waals surface area contributed by atoms with Crippen LogP contribution in [0.1, 0.15) is 36.4 Å². The molecule has 0 spiro atoms. The Hall–Kier alpha value is -3.28. The highest BCUT2D eigenvalue weighted by Gasteiger charge is 2.13. The van der Waals surface area contributed by atoms with Crippen molar-refractivity contribution in [2.45, 2.75) is 40.8 Å². The standard InChI is InChI=1S/C24H30N4O2/c1-17(2)16-30-22-12-8-9-20(13-22)14-25-24(29)26-15-23-18(3)27-28(19(23)4)21-10-6-5-7-11-21/h5-13,17H,14-16H2,1-4H3,(H2,25,26,29). The second kappa shape index (κ2) is 9.96. The van der Waals surface area contributed by atoms with Crippen LogP contribution in [0.25, 0.3) is 5.69 Å². The minimum absolute atomic E-state index is 0.213. The van der Waals surface area contributed by atoms with Gasteiger partial charge in [-0.15, -0.1) is 0 Å². The fraction of sp³-hybridized carbons (Fsp3) is 0.333. The molecule has 0 unspecified atom stereocenters. The van der Waals surface area contributed by atoms with Crippen LogP contribution in [-0.4, -0.2) is 22.4 Å². The Morgan fingerprint density at radius 3 is 2.50 bits per heavy atom. The van der Waals surface area contributed by atoms with Crippen molar-refractivity contribution in [3.8, 4) is 11.4 Å². The number of para-hydroxylation sites is 1. The maximum absolute atomic E-state index is 12.3. The van der Waals surface area contributed by atoms with E-state index in [1.165, 1.54) is 0 Å². The molecule has 1 heterocycles. The van der Waals surface area contributed by atoms with Gasteiger partial charge in [-0.05, 0) is 49.6 Å². The quantitative estimate of drug-likeness (QED) is 0.578. The smallest absolute Gasteiger partial charge is 0.315 e. The molecule has 0 radical (unpaired) electrons. The molecule has 3 rings (SSSR count). The van der Waals surface area contributed by atoms with Crippen molar-refractivity contribution in [3.05, 3.63) is 77.1 Å². The van der Waals surface area contributed by atoms with Gasteiger partial charge in [-0.3, -0.25) is 0 Å². The largest absolute Gasteiger partial charge is 0.493 e. The van der Waals surface area contributed by atoms with E-state index in [4.69, 9.17) is 4.74 Å². The fourth-order valence-corrected chi connectivity index (χ4v) is 3.17. The molecule has 6 heteroatoms. The third-order valence-corrected chi connectivity index (χ3v) is 4.80. The van der Waals surface area contributed by atoms with Gasteiger partial charge in [0.15, 0.2) is 0 Å². The van der Waals surface area contributed by atoms with Crippen molar-refractivity contribution in [1.29, 1.82) is 0 Å². The average Bonchev–Trinajstić information content (AvgIpc) is 3.03. The highest BCUT2D eigenvalue weighted by molar-refractivity contribution is 5.73. The van der Waals surface area contributed by atoms with E-state index < -0.39 is 0 Å². The molecule has 0 saturated heterocycles. The number of urea groups is 1. The summed E-state index contributed by atoms with van der Waals surface area (Å²) in [5.41, 5.74) is 4.96. The molecule has 158 valence electrons. The molecule has 3 aromatic rings. The first-order chi connectivity index (χ1) is 14.4. The minimum Gasteiger partial charge on any atom is -0.493 e. The molecule has 6 nitrogen and oxygen atoms in total. The van der Waals surface area contributed by atoms with Gasteiger partial charge in [-0.2, -0.15) is 5.10 Å². The number of benzene rings is 2. The molecule has 0 saturated carbocycles. The number of rotatable bonds is 8. The van der Waals surface area contributed by atoms with Gasteiger partial charge in [0, 0.05) is 24.3 Å². The van der Waals surface area contributed by atoms with E-state index in [1.54, 1.807) is 0 Å². The summed E-state index contributed by atoms with van der Waals surface area (Å²) in [6.45, 7) is 9.74. The third kappa shape index (κ3) is 5.63. The predicted molar refractivity (Wildman–Crippen MR) is 119 cm³/mol. The number of hydrogen-bond acceptors (Lipinski definition) is 3. The lowest BCUT2D eigenvalue weighted by molar-refractivity contribution is 0.240. The lowest BCUT2D eigenvalue weighted by atomic mass is 10.2. The van der Waals surface area contributed by atoms with Crippen LogP contribution in [0.4, 0.5) is 4.79 Å². The van der Waals surface area contributed by atoms with Gasteiger partial charge in [0.05, 0.1) is 18.0 Å². The zero-order valence-corrected chi connectivity index (χ0v) is 18.1. The van der Waals surface area contributed by atoms with E-state index >= 15 is 0 Å². The molecule has 0 atom stereocenters. The van der Waals surface area contributed by atoms with Crippen LogP contribution < -0.4 is 15.4 Å². The number of aromatic nitrogens is 2. The second-order valence-electron chi connectivity index (χ2n) is 7.79. The Labute approximate surface area is 178 Å². The van der Waals surface area contributed by atoms with Gasteiger partial charge in [0.25, 0.3) is 0 Å². The summed E-state index contributed by atoms with van der Waals surface area (Å²) in [4.78, 5) is 12.3. The number of nitrogens with zero attached hydrogens (tertiary/aromatic N) is 2. The van der Waals surface area contributed by atoms with Gasteiger partial charge < -0.3 is 15.4 Å². The summed E-state index contributed by atoms with van der Waals surface area (Å²) >= 11 is 0. The van der Waals surface area contributed by atoms with E-state index in [1.807, 2.05) is 73.1 Å². The highest BCUT2D eigenvalue weighted by atomic mass is 16.5. The SMILES string of the molecule is Cc1nn(-c2ccccc2)c(C)c1CNC(=O)NCc1cccc(OCC(C)C)c1. The Morgan fingerprint density at radius 1 is 1.03 bits per heavy atom. The number of ether oxygens (including phenoxy) is 1. The summed E-state index contributed by atoms with van der Waals surface area (Å²) in [6, 6.07) is 17.6. The summed E-state index contributed by atoms with van der Waals surface area (Å²) < 4.78 is 7.66. The molecular formula is C24H30N4O2. The maximum Gasteiger partial charge on any atom is 0.315 e. The number of amides is 2. The highest BCUT2D eigenvalue weighted by Crippen LogP contribution is 2.18. The van der Waals surface area contributed by atoms with Crippen LogP contribution in [0, 0.1) is 19.8 Å². The number of carbonyl (C=O) groups excluding carboxylic acids is 1. The van der Waals surface area contributed by atoms with Crippen molar-refractivity contribution in [2.75, 3.05) is 6.61 Å². The number of carbonyl (C=O) groups is 1. The zero-order valence-electron chi connectivity index (χ0n) is 18.1. The molecule has 2 N–H and O–H groups in total. The summed E-state index contributed by atoms with van der Waals surface area (Å²) in [6.07, 6.45) is 0. The van der Waals surface area contributed by atoms with Crippen molar-refractivity contribution in [2.24, 2.45) is 5.92 Å². The zero-order chi connectivity index (χ0) is 21.5. The summed E-state index contributed by atoms with van der Waals surface area (Å²) in [7, 11) is 0. The van der Waals surface area contributed by atoms with Gasteiger partial charge in [-0.1, -0.05) is 44.2 Å². The van der Waals surface area contributed by atoms with Crippen molar-refractivity contribution in [1.82, 2.24) is 20.4 Å². The first kappa shape index (κ1) is 21.4. The van der Waals surface area contributed by atoms with Crippen molar-refractivity contribution < 1.29 is 9.53 Å². The van der Waals surface area contributed by atoms with Crippen LogP contribution in [0.15, 0.2) is 54.6 Å². The van der Waals surface area contributed by atoms with E-state index in [2.05, 4.69) is 29.6 Å². The van der Waals surface area contributed by atoms with E-state index in [-0.39, 0.29) is 6.03 Å². The number of nitrogens with one attached hydrogen (secondary N) is 2. The molecule has 0 aliphatic carbocycles. The van der Waals surface area contributed by atoms with E-state index in [0.717, 1.165) is 34.0 Å². The molecule has 2 aromatic carbocycles. The lowest BCUT2D eigenvalue weighted by Gasteiger charge is -2.11. The van der Waals surface area contributed by atoms with Crippen LogP contribution in [0.5, 0.6) is 5.75 Å². The van der Waals surface area contributed by atoms with Gasteiger partial charge >= 0.3 is 6.03 Å². The van der Waals surface area contributed by atoms with Gasteiger partial charge in [0.2, 0.25) is 0 Å². The Morgan fingerprint density at radius 2 is 1.77 bits per heavy atom. The van der Waals surface area contributed by atoms with Gasteiger partial charge in [-0.25, -0.2) is 9.48 Å². The monoisotopic (exact) mass is 406 g/mol. The molecule has 30 heavy (non-hydrogen) atoms. The normalized spacial score (nSPS) is 10.8. The first-order valence-corrected chi connectivity index (χ1v) is 10.3. The van der Waals surface area contributed by atoms with Crippen LogP contribution in [0.2, 0.25) is 0 Å². The van der Waals surface area contributed by atoms with Crippen molar-refractivity contribution >= 4 is 6.03 Å². The predicted octanol–water partition coefficient (Wildman–Crippen LogP) is 4.52. The third-order valence-electron chi connectivity index (χ3n) is 4.80. The Bertz CT molecular complexity index is 980. The Kier molecular flexibility index (Phi) is 7.12. The number of hydrogen-bond donors (Lipinski definition) is 2. The number of aryl methyl sites for hydroxylation is 1. The molecule has 1 aromatic heterocycles. The first-order valence-electron chi connectivity index (χ1n) is 10.3. The average molecular weight is 407 g/mol. The van der Waals surface area contributed by atoms with E-state index in [0.29, 0.717) is 25.6 Å². The summed E-state index contributed by atoms with van der Waals surface area (Å²) in [5.74, 6) is 1.29. The molecule has 0 fully saturated rings. The lowest BCUT2D eigenvalue weighted by Crippen LogP contribution is -2.34. The molecule has 2 amide bonds. The minimum atomic E-state index is -0.213. The molecular weight excluding hydrogens is 376 g/mol. The topological polar surface area (TPSA) is 68.2 Å². The Balaban J connectivity index is 1.54. The van der Waals surface area contributed by atoms with Crippen LogP contribution in [0.3, 0.4) is 0 Å². The summed E-state index contributed by atoms with van der Waals surface area (Å²) in [5, 5.41) is 10.5. The molecule has 0 aliphatic heterocycles. The van der Waals surface area contributed by atoms with Crippen molar-refractivity contribution in [3.63, 3.8) is 0 Å². The fourth-order valence-electron chi connectivity index (χ4n) is 3.17. The molecule has 0 aliphatic rings. The maximum atomic E-state index is 12.3. The molecule has 0 bridgehead atoms. The van der Waals surface area contributed by atoms with Crippen LogP contribution in [-0.2, 0) is 13.1 Å². The second-order valence-corrected chi connectivity index (χ2v) is 7.79. The van der Waals surface area contributed by atoms with Gasteiger partial charge in [0.1, 0.15) is 5.75 Å². The van der Waals surface area contributed by atoms with Crippen LogP contribution >= 0.6 is 0 Å².